The van der Waals surface area contributed by atoms with E-state index in [0.29, 0.717) is 5.92 Å². The summed E-state index contributed by atoms with van der Waals surface area (Å²) in [6.07, 6.45) is 8.07. The molecule has 0 fully saturated rings. The van der Waals surface area contributed by atoms with Crippen LogP contribution < -0.4 is 0 Å². The van der Waals surface area contributed by atoms with E-state index in [2.05, 4.69) is 256 Å². The Balaban J connectivity index is 0.000000123. The highest BCUT2D eigenvalue weighted by Gasteiger charge is 2.34. The fourth-order valence-electron chi connectivity index (χ4n) is 9.24. The quantitative estimate of drug-likeness (QED) is 0.166. The molecule has 1 heterocycles. The molecule has 1 atom stereocenters. The van der Waals surface area contributed by atoms with Crippen LogP contribution in [0.1, 0.15) is 77.3 Å². The average Bonchev–Trinajstić information content (AvgIpc) is 3.80. The molecule has 0 bridgehead atoms. The summed E-state index contributed by atoms with van der Waals surface area (Å²) in [4.78, 5) is 0. The van der Waals surface area contributed by atoms with Crippen LogP contribution in [0.2, 0.25) is 0 Å². The normalized spacial score (nSPS) is 14.2. The van der Waals surface area contributed by atoms with E-state index in [9.17, 15) is 0 Å². The van der Waals surface area contributed by atoms with Gasteiger partial charge in [-0.2, -0.15) is 0 Å². The minimum atomic E-state index is 0.151. The maximum Gasteiger partial charge on any atom is 0.0433 e. The van der Waals surface area contributed by atoms with Gasteiger partial charge in [-0.15, -0.1) is 11.3 Å². The first-order chi connectivity index (χ1) is 31.4. The van der Waals surface area contributed by atoms with Gasteiger partial charge in [0.25, 0.3) is 0 Å². The highest BCUT2D eigenvalue weighted by molar-refractivity contribution is 7.26. The van der Waals surface area contributed by atoms with Crippen molar-refractivity contribution in [3.05, 3.63) is 244 Å². The van der Waals surface area contributed by atoms with E-state index in [0.717, 1.165) is 6.42 Å². The fraction of sp³-hybridized carbons (Fsp3) is 0.188. The van der Waals surface area contributed by atoms with Crippen molar-refractivity contribution >= 4 is 37.1 Å². The van der Waals surface area contributed by atoms with Crippen molar-refractivity contribution in [2.75, 3.05) is 0 Å². The average molecular weight is 863 g/mol. The number of allylic oxidation sites excluding steroid dienone is 4. The smallest absolute Gasteiger partial charge is 0.0433 e. The molecule has 8 aromatic carbocycles. The van der Waals surface area contributed by atoms with E-state index >= 15 is 0 Å². The van der Waals surface area contributed by atoms with Crippen LogP contribution >= 0.6 is 11.3 Å². The van der Waals surface area contributed by atoms with Gasteiger partial charge in [-0.05, 0) is 133 Å². The lowest BCUT2D eigenvalue weighted by atomic mass is 9.82. The summed E-state index contributed by atoms with van der Waals surface area (Å²) in [5, 5.41) is 2.73. The Kier molecular flexibility index (Phi) is 13.6. The number of thiophene rings is 1. The predicted octanol–water partition coefficient (Wildman–Crippen LogP) is 18.6. The van der Waals surface area contributed by atoms with Gasteiger partial charge in [-0.3, -0.25) is 0 Å². The third-order valence-electron chi connectivity index (χ3n) is 13.0. The largest absolute Gasteiger partial charge is 0.135 e. The van der Waals surface area contributed by atoms with Crippen LogP contribution in [0.5, 0.6) is 0 Å². The summed E-state index contributed by atoms with van der Waals surface area (Å²) in [5.74, 6) is 0.662. The Morgan fingerprint density at radius 1 is 0.446 bits per heavy atom. The van der Waals surface area contributed by atoms with Crippen LogP contribution in [0.15, 0.2) is 194 Å². The summed E-state index contributed by atoms with van der Waals surface area (Å²) in [6.45, 7) is 19.8. The molecule has 2 aliphatic rings. The van der Waals surface area contributed by atoms with E-state index in [4.69, 9.17) is 0 Å². The predicted molar refractivity (Wildman–Crippen MR) is 286 cm³/mol. The van der Waals surface area contributed by atoms with Crippen LogP contribution in [0.3, 0.4) is 0 Å². The highest BCUT2D eigenvalue weighted by Crippen LogP contribution is 2.48. The third-order valence-corrected chi connectivity index (χ3v) is 14.2. The number of aryl methyl sites for hydroxylation is 6. The van der Waals surface area contributed by atoms with Crippen LogP contribution in [-0.2, 0) is 5.41 Å². The summed E-state index contributed by atoms with van der Waals surface area (Å²) in [5.41, 5.74) is 21.9. The standard InChI is InChI=1S/C21H22.C19H14S.C16H16.C8H10/c1-15-8-11-18(12-9-15)19-13-10-17(3)21(14-19)20-7-5-4-6-16(20)2;1-13-9-11-14(12-10-13)15-6-4-7-17-16-5-2-3-8-18(16)20-19(15)17;1-11-8-9-13-12-6-4-5-7-14(12)16(2,3)15(13)10-11;1-7-4-3-5-8(2)6-7/h4-8,10-15H,9H2,1-3H3;2-12H,1H3;4-10H,1-3H3;3-6H,1-2H3. The van der Waals surface area contributed by atoms with Gasteiger partial charge >= 0.3 is 0 Å². The molecule has 9 aromatic rings. The molecule has 0 N–H and O–H groups in total. The molecule has 0 nitrogen and oxygen atoms in total. The molecule has 1 heteroatoms. The lowest BCUT2D eigenvalue weighted by Gasteiger charge is -2.21. The first kappa shape index (κ1) is 45.0. The maximum atomic E-state index is 2.36. The third kappa shape index (κ3) is 10.1. The Bertz CT molecular complexity index is 3150. The molecule has 0 saturated carbocycles. The Morgan fingerprint density at radius 2 is 1.03 bits per heavy atom. The fourth-order valence-corrected chi connectivity index (χ4v) is 10.5. The van der Waals surface area contributed by atoms with Crippen LogP contribution in [-0.4, -0.2) is 0 Å². The molecule has 0 radical (unpaired) electrons. The molecule has 0 aliphatic heterocycles. The van der Waals surface area contributed by atoms with Crippen molar-refractivity contribution in [1.29, 1.82) is 0 Å². The van der Waals surface area contributed by atoms with E-state index in [-0.39, 0.29) is 5.41 Å². The minimum absolute atomic E-state index is 0.151. The second-order valence-corrected chi connectivity index (χ2v) is 19.7. The number of rotatable bonds is 3. The molecule has 11 rings (SSSR count). The molecular weight excluding hydrogens is 801 g/mol. The number of hydrogen-bond acceptors (Lipinski definition) is 1. The topological polar surface area (TPSA) is 0 Å². The number of benzene rings is 8. The first-order valence-corrected chi connectivity index (χ1v) is 24.0. The van der Waals surface area contributed by atoms with Gasteiger partial charge in [-0.25, -0.2) is 0 Å². The highest BCUT2D eigenvalue weighted by atomic mass is 32.1. The number of hydrogen-bond donors (Lipinski definition) is 0. The maximum absolute atomic E-state index is 2.36. The van der Waals surface area contributed by atoms with Gasteiger partial charge in [0.05, 0.1) is 0 Å². The summed E-state index contributed by atoms with van der Waals surface area (Å²) >= 11 is 1.89. The monoisotopic (exact) mass is 862 g/mol. The summed E-state index contributed by atoms with van der Waals surface area (Å²) < 4.78 is 2.75. The molecule has 0 amide bonds. The second-order valence-electron chi connectivity index (χ2n) is 18.6. The molecule has 65 heavy (non-hydrogen) atoms. The van der Waals surface area contributed by atoms with Crippen molar-refractivity contribution < 1.29 is 0 Å². The van der Waals surface area contributed by atoms with Crippen molar-refractivity contribution in [2.45, 2.75) is 74.1 Å². The Morgan fingerprint density at radius 3 is 1.74 bits per heavy atom. The molecule has 324 valence electrons. The van der Waals surface area contributed by atoms with Gasteiger partial charge in [0.1, 0.15) is 0 Å². The van der Waals surface area contributed by atoms with Crippen molar-refractivity contribution in [3.8, 4) is 33.4 Å². The minimum Gasteiger partial charge on any atom is -0.135 e. The molecule has 0 spiro atoms. The van der Waals surface area contributed by atoms with Gasteiger partial charge in [0, 0.05) is 25.6 Å². The Labute approximate surface area is 392 Å². The second kappa shape index (κ2) is 19.7. The molecule has 2 aliphatic carbocycles. The van der Waals surface area contributed by atoms with E-state index in [1.165, 1.54) is 109 Å². The first-order valence-electron chi connectivity index (χ1n) is 23.1. The summed E-state index contributed by atoms with van der Waals surface area (Å²) in [7, 11) is 0. The van der Waals surface area contributed by atoms with E-state index in [1.807, 2.05) is 11.3 Å². The lowest BCUT2D eigenvalue weighted by Crippen LogP contribution is -2.14. The van der Waals surface area contributed by atoms with Gasteiger partial charge in [0.15, 0.2) is 0 Å². The zero-order valence-electron chi connectivity index (χ0n) is 39.7. The summed E-state index contributed by atoms with van der Waals surface area (Å²) in [6, 6.07) is 63.5. The van der Waals surface area contributed by atoms with Gasteiger partial charge in [-0.1, -0.05) is 225 Å². The van der Waals surface area contributed by atoms with Crippen molar-refractivity contribution in [1.82, 2.24) is 0 Å². The zero-order valence-corrected chi connectivity index (χ0v) is 40.5. The van der Waals surface area contributed by atoms with E-state index in [1.54, 1.807) is 0 Å². The SMILES string of the molecule is Cc1ccc(-c2cccc3c2sc2ccccc23)cc1.Cc1ccc2c(c1)C(C)(C)c1ccccc1-2.Cc1cccc(C)c1.Cc1ccccc1-c1cc(C2=CCC(C)C=C2)ccc1C. The lowest BCUT2D eigenvalue weighted by molar-refractivity contribution is 0.660. The van der Waals surface area contributed by atoms with Crippen molar-refractivity contribution in [3.63, 3.8) is 0 Å². The molecule has 1 unspecified atom stereocenters. The molecule has 0 saturated heterocycles. The number of fused-ring (bicyclic) bond motifs is 6. The zero-order chi connectivity index (χ0) is 45.7. The van der Waals surface area contributed by atoms with Gasteiger partial charge in [0.2, 0.25) is 0 Å². The van der Waals surface area contributed by atoms with E-state index < -0.39 is 0 Å². The van der Waals surface area contributed by atoms with Crippen molar-refractivity contribution in [2.24, 2.45) is 5.92 Å². The van der Waals surface area contributed by atoms with Crippen LogP contribution in [0.4, 0.5) is 0 Å². The molecular formula is C64H62S. The van der Waals surface area contributed by atoms with Crippen LogP contribution in [0.25, 0.3) is 59.1 Å². The molecule has 1 aromatic heterocycles. The Hall–Kier alpha value is -6.54. The van der Waals surface area contributed by atoms with Gasteiger partial charge < -0.3 is 0 Å². The van der Waals surface area contributed by atoms with Crippen LogP contribution in [0, 0.1) is 47.5 Å².